The fraction of sp³-hybridized carbons (Fsp3) is 0.304. The Hall–Kier alpha value is -3.01. The van der Waals surface area contributed by atoms with E-state index >= 15 is 0 Å². The van der Waals surface area contributed by atoms with Gasteiger partial charge < -0.3 is 20.5 Å². The molecule has 6 nitrogen and oxygen atoms in total. The van der Waals surface area contributed by atoms with Crippen molar-refractivity contribution in [1.29, 1.82) is 5.26 Å². The van der Waals surface area contributed by atoms with Crippen molar-refractivity contribution in [3.63, 3.8) is 0 Å². The first kappa shape index (κ1) is 20.3. The number of ether oxygens (including phenoxy) is 2. The summed E-state index contributed by atoms with van der Waals surface area (Å²) < 4.78 is 12.0. The van der Waals surface area contributed by atoms with Crippen molar-refractivity contribution in [2.24, 2.45) is 5.92 Å². The molecule has 1 aromatic heterocycles. The number of pyridine rings is 1. The van der Waals surface area contributed by atoms with Crippen LogP contribution >= 0.6 is 11.6 Å². The number of rotatable bonds is 6. The summed E-state index contributed by atoms with van der Waals surface area (Å²) in [5, 5.41) is 14.2. The van der Waals surface area contributed by atoms with Gasteiger partial charge in [-0.3, -0.25) is 4.98 Å². The fourth-order valence-electron chi connectivity index (χ4n) is 3.65. The van der Waals surface area contributed by atoms with Gasteiger partial charge >= 0.3 is 0 Å². The second-order valence-corrected chi connectivity index (χ2v) is 7.81. The van der Waals surface area contributed by atoms with Crippen molar-refractivity contribution in [2.75, 3.05) is 25.4 Å². The molecule has 1 fully saturated rings. The molecule has 3 N–H and O–H groups in total. The standard InChI is InChI=1S/C23H23ClN4O2/c24-19-12-17(1-2-20(19)26)30-22-5-9-28-21-13-23(16(14-25)11-18(21)22)29-10-6-15-3-7-27-8-4-15/h1-2,5,9,11-13,15,27H,3-4,6-8,10,26H2. The van der Waals surface area contributed by atoms with E-state index in [1.165, 1.54) is 12.8 Å². The zero-order valence-electron chi connectivity index (χ0n) is 16.5. The summed E-state index contributed by atoms with van der Waals surface area (Å²) in [5.74, 6) is 2.36. The van der Waals surface area contributed by atoms with Gasteiger partial charge in [-0.05, 0) is 62.5 Å². The van der Waals surface area contributed by atoms with Gasteiger partial charge in [0.2, 0.25) is 0 Å². The average molecular weight is 423 g/mol. The number of hydrogen-bond donors (Lipinski definition) is 2. The Morgan fingerprint density at radius 1 is 1.17 bits per heavy atom. The average Bonchev–Trinajstić information content (AvgIpc) is 2.77. The summed E-state index contributed by atoms with van der Waals surface area (Å²) >= 11 is 6.09. The van der Waals surface area contributed by atoms with E-state index in [2.05, 4.69) is 16.4 Å². The number of fused-ring (bicyclic) bond motifs is 1. The van der Waals surface area contributed by atoms with Gasteiger partial charge in [-0.1, -0.05) is 11.6 Å². The number of nitrogens with zero attached hydrogens (tertiary/aromatic N) is 2. The Balaban J connectivity index is 1.55. The number of piperidine rings is 1. The van der Waals surface area contributed by atoms with E-state index in [0.29, 0.717) is 51.6 Å². The highest BCUT2D eigenvalue weighted by Crippen LogP contribution is 2.34. The normalized spacial score (nSPS) is 14.4. The monoisotopic (exact) mass is 422 g/mol. The molecule has 0 saturated carbocycles. The third-order valence-electron chi connectivity index (χ3n) is 5.37. The number of halogens is 1. The quantitative estimate of drug-likeness (QED) is 0.548. The predicted molar refractivity (Wildman–Crippen MR) is 118 cm³/mol. The van der Waals surface area contributed by atoms with Crippen LogP contribution in [0.3, 0.4) is 0 Å². The van der Waals surface area contributed by atoms with Crippen LogP contribution in [0.1, 0.15) is 24.8 Å². The Labute approximate surface area is 180 Å². The molecule has 0 spiro atoms. The maximum absolute atomic E-state index is 9.64. The van der Waals surface area contributed by atoms with Crippen LogP contribution in [0, 0.1) is 17.2 Å². The van der Waals surface area contributed by atoms with E-state index in [4.69, 9.17) is 26.8 Å². The molecule has 4 rings (SSSR count). The lowest BCUT2D eigenvalue weighted by Gasteiger charge is -2.22. The largest absolute Gasteiger partial charge is 0.492 e. The minimum absolute atomic E-state index is 0.424. The summed E-state index contributed by atoms with van der Waals surface area (Å²) in [7, 11) is 0. The molecule has 154 valence electrons. The lowest BCUT2D eigenvalue weighted by Crippen LogP contribution is -2.28. The van der Waals surface area contributed by atoms with E-state index in [1.54, 1.807) is 42.6 Å². The Morgan fingerprint density at radius 2 is 2.00 bits per heavy atom. The molecular formula is C23H23ClN4O2. The van der Waals surface area contributed by atoms with Gasteiger partial charge in [0.05, 0.1) is 28.4 Å². The summed E-state index contributed by atoms with van der Waals surface area (Å²) in [4.78, 5) is 4.43. The number of nitriles is 1. The van der Waals surface area contributed by atoms with E-state index in [9.17, 15) is 5.26 Å². The zero-order chi connectivity index (χ0) is 20.9. The highest BCUT2D eigenvalue weighted by Gasteiger charge is 2.15. The van der Waals surface area contributed by atoms with Crippen LogP contribution < -0.4 is 20.5 Å². The molecule has 1 saturated heterocycles. The molecular weight excluding hydrogens is 400 g/mol. The molecule has 2 aromatic carbocycles. The Bertz CT molecular complexity index is 1090. The maximum atomic E-state index is 9.64. The second kappa shape index (κ2) is 9.21. The smallest absolute Gasteiger partial charge is 0.139 e. The fourth-order valence-corrected chi connectivity index (χ4v) is 3.82. The van der Waals surface area contributed by atoms with Gasteiger partial charge in [-0.2, -0.15) is 5.26 Å². The lowest BCUT2D eigenvalue weighted by molar-refractivity contribution is 0.251. The van der Waals surface area contributed by atoms with Gasteiger partial charge in [0.1, 0.15) is 23.3 Å². The van der Waals surface area contributed by atoms with E-state index in [-0.39, 0.29) is 0 Å². The number of anilines is 1. The first-order chi connectivity index (χ1) is 14.6. The topological polar surface area (TPSA) is 93.2 Å². The molecule has 0 radical (unpaired) electrons. The molecule has 0 amide bonds. The summed E-state index contributed by atoms with van der Waals surface area (Å²) in [6.07, 6.45) is 4.99. The van der Waals surface area contributed by atoms with Crippen LogP contribution in [0.4, 0.5) is 5.69 Å². The molecule has 1 aliphatic rings. The van der Waals surface area contributed by atoms with Crippen molar-refractivity contribution >= 4 is 28.2 Å². The molecule has 0 unspecified atom stereocenters. The van der Waals surface area contributed by atoms with Crippen molar-refractivity contribution in [2.45, 2.75) is 19.3 Å². The highest BCUT2D eigenvalue weighted by molar-refractivity contribution is 6.33. The van der Waals surface area contributed by atoms with Crippen molar-refractivity contribution in [1.82, 2.24) is 10.3 Å². The van der Waals surface area contributed by atoms with Crippen LogP contribution in [-0.4, -0.2) is 24.7 Å². The molecule has 2 heterocycles. The second-order valence-electron chi connectivity index (χ2n) is 7.40. The van der Waals surface area contributed by atoms with Crippen molar-refractivity contribution < 1.29 is 9.47 Å². The number of aromatic nitrogens is 1. The molecule has 3 aromatic rings. The minimum atomic E-state index is 0.424. The molecule has 1 aliphatic heterocycles. The van der Waals surface area contributed by atoms with E-state index in [1.807, 2.05) is 0 Å². The van der Waals surface area contributed by atoms with Crippen LogP contribution in [0.15, 0.2) is 42.6 Å². The van der Waals surface area contributed by atoms with E-state index in [0.717, 1.165) is 24.9 Å². The van der Waals surface area contributed by atoms with E-state index < -0.39 is 0 Å². The van der Waals surface area contributed by atoms with Gasteiger partial charge in [0.15, 0.2) is 0 Å². The summed E-state index contributed by atoms with van der Waals surface area (Å²) in [6.45, 7) is 2.72. The van der Waals surface area contributed by atoms with Crippen LogP contribution in [0.25, 0.3) is 10.9 Å². The number of nitrogen functional groups attached to an aromatic ring is 1. The SMILES string of the molecule is N#Cc1cc2c(Oc3ccc(N)c(Cl)c3)ccnc2cc1OCCC1CCNCC1. The molecule has 30 heavy (non-hydrogen) atoms. The number of nitrogens with one attached hydrogen (secondary N) is 1. The van der Waals surface area contributed by atoms with Gasteiger partial charge in [0.25, 0.3) is 0 Å². The highest BCUT2D eigenvalue weighted by atomic mass is 35.5. The number of benzene rings is 2. The van der Waals surface area contributed by atoms with Gasteiger partial charge in [0, 0.05) is 23.7 Å². The first-order valence-electron chi connectivity index (χ1n) is 10.0. The number of hydrogen-bond acceptors (Lipinski definition) is 6. The maximum Gasteiger partial charge on any atom is 0.139 e. The Kier molecular flexibility index (Phi) is 6.22. The molecule has 0 aliphatic carbocycles. The minimum Gasteiger partial charge on any atom is -0.492 e. The first-order valence-corrected chi connectivity index (χ1v) is 10.4. The van der Waals surface area contributed by atoms with Crippen molar-refractivity contribution in [3.05, 3.63) is 53.2 Å². The van der Waals surface area contributed by atoms with Crippen molar-refractivity contribution in [3.8, 4) is 23.3 Å². The van der Waals surface area contributed by atoms with Crippen LogP contribution in [0.5, 0.6) is 17.2 Å². The summed E-state index contributed by atoms with van der Waals surface area (Å²) in [5.41, 5.74) is 7.41. The van der Waals surface area contributed by atoms with Crippen LogP contribution in [0.2, 0.25) is 5.02 Å². The molecule has 0 bridgehead atoms. The van der Waals surface area contributed by atoms with Crippen LogP contribution in [-0.2, 0) is 0 Å². The van der Waals surface area contributed by atoms with Gasteiger partial charge in [-0.15, -0.1) is 0 Å². The van der Waals surface area contributed by atoms with Gasteiger partial charge in [-0.25, -0.2) is 0 Å². The molecule has 0 atom stereocenters. The zero-order valence-corrected chi connectivity index (χ0v) is 17.3. The third kappa shape index (κ3) is 4.59. The number of nitrogens with two attached hydrogens (primary N) is 1. The molecule has 7 heteroatoms. The summed E-state index contributed by atoms with van der Waals surface area (Å²) in [6, 6.07) is 12.6. The lowest BCUT2D eigenvalue weighted by atomic mass is 9.95. The Morgan fingerprint density at radius 3 is 2.77 bits per heavy atom. The third-order valence-corrected chi connectivity index (χ3v) is 5.69. The predicted octanol–water partition coefficient (Wildman–Crippen LogP) is 4.90.